The first kappa shape index (κ1) is 11.1. The lowest BCUT2D eigenvalue weighted by molar-refractivity contribution is 1.38. The Hall–Kier alpha value is -0.960. The van der Waals surface area contributed by atoms with Crippen molar-refractivity contribution in [2.24, 2.45) is 4.99 Å². The van der Waals surface area contributed by atoms with Gasteiger partial charge in [-0.05, 0) is 30.3 Å². The summed E-state index contributed by atoms with van der Waals surface area (Å²) in [6, 6.07) is 13.6. The van der Waals surface area contributed by atoms with Crippen molar-refractivity contribution < 1.29 is 0 Å². The van der Waals surface area contributed by atoms with E-state index in [1.165, 1.54) is 0 Å². The van der Waals surface area contributed by atoms with Crippen LogP contribution < -0.4 is 0 Å². The highest BCUT2D eigenvalue weighted by atomic mass is 35.5. The molecule has 3 rings (SSSR count). The molecule has 1 nitrogen and oxygen atoms in total. The van der Waals surface area contributed by atoms with Crippen molar-refractivity contribution in [2.45, 2.75) is 9.79 Å². The molecule has 0 saturated carbocycles. The van der Waals surface area contributed by atoms with Crippen LogP contribution in [0.15, 0.2) is 57.2 Å². The number of hydrogen-bond acceptors (Lipinski definition) is 2. The molecule has 2 aromatic rings. The summed E-state index contributed by atoms with van der Waals surface area (Å²) < 4.78 is 0. The SMILES string of the molecule is ClC1=Nc2ccccc2Sc2ccc(Cl)cc21. The second kappa shape index (κ2) is 4.37. The number of para-hydroxylation sites is 1. The Morgan fingerprint density at radius 1 is 0.941 bits per heavy atom. The summed E-state index contributed by atoms with van der Waals surface area (Å²) in [5.74, 6) is 0. The molecule has 1 aliphatic rings. The van der Waals surface area contributed by atoms with E-state index in [0.717, 1.165) is 21.0 Å². The number of benzene rings is 2. The molecule has 0 fully saturated rings. The van der Waals surface area contributed by atoms with E-state index in [1.54, 1.807) is 11.8 Å². The van der Waals surface area contributed by atoms with Crippen LogP contribution in [0.3, 0.4) is 0 Å². The Morgan fingerprint density at radius 2 is 1.76 bits per heavy atom. The molecule has 0 atom stereocenters. The van der Waals surface area contributed by atoms with E-state index in [0.29, 0.717) is 10.2 Å². The quantitative estimate of drug-likeness (QED) is 0.652. The minimum absolute atomic E-state index is 0.486. The van der Waals surface area contributed by atoms with Crippen molar-refractivity contribution in [3.8, 4) is 0 Å². The molecule has 0 aliphatic carbocycles. The maximum atomic E-state index is 6.23. The number of rotatable bonds is 0. The molecule has 0 bridgehead atoms. The zero-order valence-electron chi connectivity index (χ0n) is 8.65. The molecule has 17 heavy (non-hydrogen) atoms. The minimum Gasteiger partial charge on any atom is -0.235 e. The lowest BCUT2D eigenvalue weighted by Crippen LogP contribution is -1.91. The highest BCUT2D eigenvalue weighted by molar-refractivity contribution is 7.99. The molecule has 0 saturated heterocycles. The maximum Gasteiger partial charge on any atom is 0.138 e. The van der Waals surface area contributed by atoms with Gasteiger partial charge in [0.15, 0.2) is 0 Å². The first-order valence-corrected chi connectivity index (χ1v) is 6.62. The van der Waals surface area contributed by atoms with Gasteiger partial charge in [0.05, 0.1) is 5.69 Å². The van der Waals surface area contributed by atoms with Crippen LogP contribution in [0.4, 0.5) is 5.69 Å². The summed E-state index contributed by atoms with van der Waals surface area (Å²) in [6.07, 6.45) is 0. The highest BCUT2D eigenvalue weighted by Gasteiger charge is 2.15. The van der Waals surface area contributed by atoms with Crippen LogP contribution >= 0.6 is 35.0 Å². The standard InChI is InChI=1S/C13H7Cl2NS/c14-8-5-6-11-9(7-8)13(15)16-10-3-1-2-4-12(10)17-11/h1-7H. The highest BCUT2D eigenvalue weighted by Crippen LogP contribution is 2.41. The third-order valence-corrected chi connectivity index (χ3v) is 4.13. The zero-order chi connectivity index (χ0) is 11.8. The number of nitrogens with zero attached hydrogens (tertiary/aromatic N) is 1. The van der Waals surface area contributed by atoms with Crippen molar-refractivity contribution in [3.63, 3.8) is 0 Å². The number of hydrogen-bond donors (Lipinski definition) is 0. The van der Waals surface area contributed by atoms with Gasteiger partial charge >= 0.3 is 0 Å². The first-order valence-electron chi connectivity index (χ1n) is 5.05. The number of aliphatic imine (C=N–C) groups is 1. The minimum atomic E-state index is 0.486. The first-order chi connectivity index (χ1) is 8.24. The van der Waals surface area contributed by atoms with Gasteiger partial charge < -0.3 is 0 Å². The van der Waals surface area contributed by atoms with Crippen molar-refractivity contribution in [3.05, 3.63) is 53.1 Å². The molecule has 0 N–H and O–H groups in total. The smallest absolute Gasteiger partial charge is 0.138 e. The molecular weight excluding hydrogens is 273 g/mol. The normalized spacial score (nSPS) is 13.4. The Labute approximate surface area is 113 Å². The predicted molar refractivity (Wildman–Crippen MR) is 74.1 cm³/mol. The van der Waals surface area contributed by atoms with Crippen LogP contribution in [0.25, 0.3) is 0 Å². The van der Waals surface area contributed by atoms with Crippen LogP contribution in [-0.4, -0.2) is 5.17 Å². The molecule has 1 aliphatic heterocycles. The zero-order valence-corrected chi connectivity index (χ0v) is 11.0. The van der Waals surface area contributed by atoms with E-state index in [9.17, 15) is 0 Å². The van der Waals surface area contributed by atoms with Gasteiger partial charge in [0, 0.05) is 20.4 Å². The Kier molecular flexibility index (Phi) is 2.87. The van der Waals surface area contributed by atoms with E-state index in [2.05, 4.69) is 4.99 Å². The maximum absolute atomic E-state index is 6.23. The molecule has 4 heteroatoms. The van der Waals surface area contributed by atoms with Crippen molar-refractivity contribution in [1.29, 1.82) is 0 Å². The fourth-order valence-corrected chi connectivity index (χ4v) is 3.15. The summed E-state index contributed by atoms with van der Waals surface area (Å²) in [5.41, 5.74) is 1.79. The third-order valence-electron chi connectivity index (χ3n) is 2.47. The van der Waals surface area contributed by atoms with Gasteiger partial charge in [-0.1, -0.05) is 47.1 Å². The average Bonchev–Trinajstić information content (AvgIpc) is 2.46. The third kappa shape index (κ3) is 2.08. The fraction of sp³-hybridized carbons (Fsp3) is 0. The molecule has 0 aromatic heterocycles. The van der Waals surface area contributed by atoms with Gasteiger partial charge in [0.2, 0.25) is 0 Å². The summed E-state index contributed by atoms with van der Waals surface area (Å²) >= 11 is 13.9. The van der Waals surface area contributed by atoms with Crippen LogP contribution in [0.5, 0.6) is 0 Å². The van der Waals surface area contributed by atoms with Gasteiger partial charge in [0.1, 0.15) is 5.17 Å². The van der Waals surface area contributed by atoms with Crippen LogP contribution in [0.2, 0.25) is 5.02 Å². The predicted octanol–water partition coefficient (Wildman–Crippen LogP) is 5.12. The second-order valence-corrected chi connectivity index (χ2v) is 5.49. The molecular formula is C13H7Cl2NS. The average molecular weight is 280 g/mol. The number of fused-ring (bicyclic) bond motifs is 2. The van der Waals surface area contributed by atoms with Crippen molar-refractivity contribution in [1.82, 2.24) is 0 Å². The van der Waals surface area contributed by atoms with E-state index in [-0.39, 0.29) is 0 Å². The summed E-state index contributed by atoms with van der Waals surface area (Å²) in [7, 11) is 0. The lowest BCUT2D eigenvalue weighted by atomic mass is 10.2. The summed E-state index contributed by atoms with van der Waals surface area (Å²) in [6.45, 7) is 0. The Bertz CT molecular complexity index is 623. The molecule has 2 aromatic carbocycles. The molecule has 0 unspecified atom stereocenters. The monoisotopic (exact) mass is 279 g/mol. The van der Waals surface area contributed by atoms with Crippen LogP contribution in [0, 0.1) is 0 Å². The topological polar surface area (TPSA) is 12.4 Å². The van der Waals surface area contributed by atoms with Gasteiger partial charge in [-0.2, -0.15) is 0 Å². The van der Waals surface area contributed by atoms with Crippen LogP contribution in [0.1, 0.15) is 5.56 Å². The van der Waals surface area contributed by atoms with E-state index in [1.807, 2.05) is 42.5 Å². The van der Waals surface area contributed by atoms with Gasteiger partial charge in [-0.25, -0.2) is 4.99 Å². The molecule has 84 valence electrons. The van der Waals surface area contributed by atoms with Gasteiger partial charge in [0.25, 0.3) is 0 Å². The molecule has 1 heterocycles. The van der Waals surface area contributed by atoms with Crippen molar-refractivity contribution >= 4 is 45.8 Å². The van der Waals surface area contributed by atoms with E-state index >= 15 is 0 Å². The van der Waals surface area contributed by atoms with Gasteiger partial charge in [-0.3, -0.25) is 0 Å². The second-order valence-electron chi connectivity index (χ2n) is 3.61. The molecule has 0 spiro atoms. The summed E-state index contributed by atoms with van der Waals surface area (Å²) in [4.78, 5) is 6.61. The van der Waals surface area contributed by atoms with Gasteiger partial charge in [-0.15, -0.1) is 0 Å². The Balaban J connectivity index is 2.24. The molecule has 0 amide bonds. The number of halogens is 2. The van der Waals surface area contributed by atoms with Crippen LogP contribution in [-0.2, 0) is 0 Å². The fourth-order valence-electron chi connectivity index (χ4n) is 1.67. The summed E-state index contributed by atoms with van der Waals surface area (Å²) in [5, 5.41) is 1.16. The Morgan fingerprint density at radius 3 is 2.65 bits per heavy atom. The van der Waals surface area contributed by atoms with E-state index < -0.39 is 0 Å². The molecule has 0 radical (unpaired) electrons. The van der Waals surface area contributed by atoms with E-state index in [4.69, 9.17) is 23.2 Å². The van der Waals surface area contributed by atoms with Crippen molar-refractivity contribution in [2.75, 3.05) is 0 Å². The largest absolute Gasteiger partial charge is 0.235 e. The lowest BCUT2D eigenvalue weighted by Gasteiger charge is -2.04.